The van der Waals surface area contributed by atoms with Crippen LogP contribution in [0.15, 0.2) is 53.0 Å². The molecule has 5 heteroatoms. The molecule has 0 radical (unpaired) electrons. The van der Waals surface area contributed by atoms with Gasteiger partial charge in [0.15, 0.2) is 0 Å². The van der Waals surface area contributed by atoms with E-state index in [4.69, 9.17) is 0 Å². The molecule has 118 valence electrons. The van der Waals surface area contributed by atoms with Gasteiger partial charge in [0.2, 0.25) is 5.91 Å². The number of carbonyl (C=O) groups excluding carboxylic acids is 2. The first-order valence-corrected chi connectivity index (χ1v) is 8.36. The Kier molecular flexibility index (Phi) is 4.48. The van der Waals surface area contributed by atoms with E-state index in [2.05, 4.69) is 21.2 Å². The normalized spacial score (nSPS) is 17.7. The zero-order valence-electron chi connectivity index (χ0n) is 12.8. The Balaban J connectivity index is 1.84. The Labute approximate surface area is 143 Å². The summed E-state index contributed by atoms with van der Waals surface area (Å²) in [5.41, 5.74) is 2.52. The molecule has 1 aliphatic heterocycles. The first-order valence-electron chi connectivity index (χ1n) is 7.57. The molecular formula is C18H17BrN2O2. The summed E-state index contributed by atoms with van der Waals surface area (Å²) in [5, 5.41) is 3.15. The van der Waals surface area contributed by atoms with Crippen LogP contribution < -0.4 is 10.2 Å². The van der Waals surface area contributed by atoms with Gasteiger partial charge in [-0.05, 0) is 42.3 Å². The predicted octanol–water partition coefficient (Wildman–Crippen LogP) is 3.76. The first kappa shape index (κ1) is 15.7. The molecule has 4 nitrogen and oxygen atoms in total. The summed E-state index contributed by atoms with van der Waals surface area (Å²) >= 11 is 3.38. The molecule has 0 aromatic heterocycles. The van der Waals surface area contributed by atoms with Gasteiger partial charge in [0.1, 0.15) is 6.04 Å². The SMILES string of the molecule is CCc1ccccc1N1C(=O)C[C@H](Nc2ccc(Br)cc2)C1=O. The van der Waals surface area contributed by atoms with Gasteiger partial charge in [-0.2, -0.15) is 0 Å². The fraction of sp³-hybridized carbons (Fsp3) is 0.222. The summed E-state index contributed by atoms with van der Waals surface area (Å²) in [4.78, 5) is 26.4. The highest BCUT2D eigenvalue weighted by molar-refractivity contribution is 9.10. The lowest BCUT2D eigenvalue weighted by atomic mass is 10.1. The molecule has 1 saturated heterocycles. The molecule has 1 heterocycles. The molecule has 0 unspecified atom stereocenters. The number of rotatable bonds is 4. The third-order valence-corrected chi connectivity index (χ3v) is 4.47. The van der Waals surface area contributed by atoms with Crippen LogP contribution in [-0.4, -0.2) is 17.9 Å². The zero-order valence-corrected chi connectivity index (χ0v) is 14.3. The van der Waals surface area contributed by atoms with Gasteiger partial charge in [-0.25, -0.2) is 4.90 Å². The van der Waals surface area contributed by atoms with Crippen molar-refractivity contribution in [1.29, 1.82) is 0 Å². The minimum atomic E-state index is -0.520. The van der Waals surface area contributed by atoms with Crippen molar-refractivity contribution in [3.05, 3.63) is 58.6 Å². The number of benzene rings is 2. The van der Waals surface area contributed by atoms with E-state index < -0.39 is 6.04 Å². The van der Waals surface area contributed by atoms with Crippen molar-refractivity contribution in [3.63, 3.8) is 0 Å². The first-order chi connectivity index (χ1) is 11.1. The summed E-state index contributed by atoms with van der Waals surface area (Å²) in [5.74, 6) is -0.357. The number of para-hydroxylation sites is 1. The molecule has 0 aliphatic carbocycles. The Morgan fingerprint density at radius 1 is 1.13 bits per heavy atom. The standard InChI is InChI=1S/C18H17BrN2O2/c1-2-12-5-3-4-6-16(12)21-17(22)11-15(18(21)23)20-14-9-7-13(19)8-10-14/h3-10,15,20H,2,11H2,1H3/t15-/m0/s1. The maximum absolute atomic E-state index is 12.7. The number of hydrogen-bond acceptors (Lipinski definition) is 3. The topological polar surface area (TPSA) is 49.4 Å². The molecule has 0 bridgehead atoms. The van der Waals surface area contributed by atoms with Gasteiger partial charge in [-0.15, -0.1) is 0 Å². The molecule has 1 N–H and O–H groups in total. The zero-order chi connectivity index (χ0) is 16.4. The predicted molar refractivity (Wildman–Crippen MR) is 94.5 cm³/mol. The van der Waals surface area contributed by atoms with Crippen molar-refractivity contribution in [3.8, 4) is 0 Å². The van der Waals surface area contributed by atoms with E-state index in [0.29, 0.717) is 5.69 Å². The number of halogens is 1. The van der Waals surface area contributed by atoms with E-state index in [1.54, 1.807) is 0 Å². The number of aryl methyl sites for hydroxylation is 1. The number of nitrogens with zero attached hydrogens (tertiary/aromatic N) is 1. The Bertz CT molecular complexity index is 743. The van der Waals surface area contributed by atoms with E-state index in [9.17, 15) is 9.59 Å². The van der Waals surface area contributed by atoms with Crippen LogP contribution in [0.3, 0.4) is 0 Å². The number of carbonyl (C=O) groups is 2. The van der Waals surface area contributed by atoms with Crippen LogP contribution in [0.1, 0.15) is 18.9 Å². The van der Waals surface area contributed by atoms with Crippen LogP contribution in [0.4, 0.5) is 11.4 Å². The number of amides is 2. The van der Waals surface area contributed by atoms with Crippen LogP contribution in [0.2, 0.25) is 0 Å². The maximum Gasteiger partial charge on any atom is 0.256 e. The highest BCUT2D eigenvalue weighted by atomic mass is 79.9. The molecule has 1 aliphatic rings. The lowest BCUT2D eigenvalue weighted by Gasteiger charge is -2.19. The summed E-state index contributed by atoms with van der Waals surface area (Å²) in [6, 6.07) is 14.6. The van der Waals surface area contributed by atoms with E-state index in [0.717, 1.165) is 22.1 Å². The fourth-order valence-electron chi connectivity index (χ4n) is 2.77. The van der Waals surface area contributed by atoms with Crippen LogP contribution in [-0.2, 0) is 16.0 Å². The van der Waals surface area contributed by atoms with Crippen molar-refractivity contribution >= 4 is 39.1 Å². The third-order valence-electron chi connectivity index (χ3n) is 3.95. The monoisotopic (exact) mass is 372 g/mol. The minimum Gasteiger partial charge on any atom is -0.373 e. The molecule has 1 atom stereocenters. The van der Waals surface area contributed by atoms with Gasteiger partial charge in [0, 0.05) is 10.2 Å². The van der Waals surface area contributed by atoms with E-state index >= 15 is 0 Å². The van der Waals surface area contributed by atoms with Crippen LogP contribution in [0, 0.1) is 0 Å². The molecule has 2 amide bonds. The number of imide groups is 1. The second kappa shape index (κ2) is 6.54. The molecule has 3 rings (SSSR count). The van der Waals surface area contributed by atoms with Crippen molar-refractivity contribution in [2.45, 2.75) is 25.8 Å². The second-order valence-corrected chi connectivity index (χ2v) is 6.37. The lowest BCUT2D eigenvalue weighted by Crippen LogP contribution is -2.35. The molecular weight excluding hydrogens is 356 g/mol. The summed E-state index contributed by atoms with van der Waals surface area (Å²) in [6.07, 6.45) is 0.949. The van der Waals surface area contributed by atoms with Gasteiger partial charge < -0.3 is 5.32 Å². The van der Waals surface area contributed by atoms with E-state index in [1.165, 1.54) is 4.90 Å². The van der Waals surface area contributed by atoms with Gasteiger partial charge in [0.05, 0.1) is 12.1 Å². The number of nitrogens with one attached hydrogen (secondary N) is 1. The van der Waals surface area contributed by atoms with Gasteiger partial charge in [-0.1, -0.05) is 41.1 Å². The van der Waals surface area contributed by atoms with Crippen molar-refractivity contribution < 1.29 is 9.59 Å². The van der Waals surface area contributed by atoms with Gasteiger partial charge >= 0.3 is 0 Å². The second-order valence-electron chi connectivity index (χ2n) is 5.46. The summed E-state index contributed by atoms with van der Waals surface area (Å²) in [6.45, 7) is 2.02. The van der Waals surface area contributed by atoms with Crippen LogP contribution >= 0.6 is 15.9 Å². The maximum atomic E-state index is 12.7. The molecule has 2 aromatic carbocycles. The van der Waals surface area contributed by atoms with Crippen LogP contribution in [0.25, 0.3) is 0 Å². The average Bonchev–Trinajstić information content (AvgIpc) is 2.83. The van der Waals surface area contributed by atoms with Crippen molar-refractivity contribution in [1.82, 2.24) is 0 Å². The summed E-state index contributed by atoms with van der Waals surface area (Å²) < 4.78 is 0.968. The molecule has 0 saturated carbocycles. The molecule has 1 fully saturated rings. The van der Waals surface area contributed by atoms with Gasteiger partial charge in [0.25, 0.3) is 5.91 Å². The Hall–Kier alpha value is -2.14. The largest absolute Gasteiger partial charge is 0.373 e. The van der Waals surface area contributed by atoms with Crippen molar-refractivity contribution in [2.24, 2.45) is 0 Å². The molecule has 0 spiro atoms. The Morgan fingerprint density at radius 2 is 1.83 bits per heavy atom. The minimum absolute atomic E-state index is 0.162. The van der Waals surface area contributed by atoms with Crippen LogP contribution in [0.5, 0.6) is 0 Å². The quantitative estimate of drug-likeness (QED) is 0.831. The highest BCUT2D eigenvalue weighted by Gasteiger charge is 2.40. The molecule has 23 heavy (non-hydrogen) atoms. The van der Waals surface area contributed by atoms with E-state index in [1.807, 2.05) is 55.5 Å². The smallest absolute Gasteiger partial charge is 0.256 e. The number of anilines is 2. The lowest BCUT2D eigenvalue weighted by molar-refractivity contribution is -0.121. The fourth-order valence-corrected chi connectivity index (χ4v) is 3.04. The van der Waals surface area contributed by atoms with Crippen molar-refractivity contribution in [2.75, 3.05) is 10.2 Å². The number of hydrogen-bond donors (Lipinski definition) is 1. The highest BCUT2D eigenvalue weighted by Crippen LogP contribution is 2.28. The third kappa shape index (κ3) is 3.15. The van der Waals surface area contributed by atoms with Gasteiger partial charge in [-0.3, -0.25) is 9.59 Å². The van der Waals surface area contributed by atoms with E-state index in [-0.39, 0.29) is 18.2 Å². The Morgan fingerprint density at radius 3 is 2.52 bits per heavy atom. The summed E-state index contributed by atoms with van der Waals surface area (Å²) in [7, 11) is 0. The molecule has 2 aromatic rings. The average molecular weight is 373 g/mol.